The Hall–Kier alpha value is -2.45. The fourth-order valence-electron chi connectivity index (χ4n) is 2.30. The smallest absolute Gasteiger partial charge is 0.150 e. The van der Waals surface area contributed by atoms with Crippen LogP contribution in [0, 0.1) is 23.0 Å². The van der Waals surface area contributed by atoms with Gasteiger partial charge in [-0.25, -0.2) is 8.78 Å². The van der Waals surface area contributed by atoms with Crippen LogP contribution in [0.4, 0.5) is 14.5 Å². The Kier molecular flexibility index (Phi) is 5.45. The molecule has 0 radical (unpaired) electrons. The van der Waals surface area contributed by atoms with E-state index in [1.807, 2.05) is 30.3 Å². The molecule has 1 unspecified atom stereocenters. The number of nitriles is 1. The molecule has 2 N–H and O–H groups in total. The van der Waals surface area contributed by atoms with Gasteiger partial charge in [0.15, 0.2) is 11.6 Å². The fourth-order valence-corrected chi connectivity index (χ4v) is 2.30. The van der Waals surface area contributed by atoms with Gasteiger partial charge in [-0.05, 0) is 24.1 Å². The minimum atomic E-state index is -0.799. The Morgan fingerprint density at radius 2 is 1.77 bits per heavy atom. The summed E-state index contributed by atoms with van der Waals surface area (Å²) in [5, 5.41) is 20.6. The second kappa shape index (κ2) is 7.53. The van der Waals surface area contributed by atoms with Crippen LogP contribution in [0.25, 0.3) is 0 Å². The number of anilines is 1. The molecule has 0 aliphatic carbocycles. The molecule has 114 valence electrons. The van der Waals surface area contributed by atoms with E-state index in [9.17, 15) is 8.78 Å². The van der Waals surface area contributed by atoms with Crippen LogP contribution < -0.4 is 5.32 Å². The molecule has 0 amide bonds. The van der Waals surface area contributed by atoms with E-state index in [4.69, 9.17) is 10.4 Å². The van der Waals surface area contributed by atoms with E-state index in [0.717, 1.165) is 17.7 Å². The molecule has 1 atom stereocenters. The van der Waals surface area contributed by atoms with Gasteiger partial charge in [-0.1, -0.05) is 30.3 Å². The van der Waals surface area contributed by atoms with Crippen molar-refractivity contribution in [3.05, 3.63) is 65.2 Å². The van der Waals surface area contributed by atoms with Crippen molar-refractivity contribution < 1.29 is 13.9 Å². The van der Waals surface area contributed by atoms with Crippen LogP contribution in [0.2, 0.25) is 0 Å². The SMILES string of the molecule is N#Cc1cc(F)c(NCC(CCO)c2ccccc2)c(F)c1. The summed E-state index contributed by atoms with van der Waals surface area (Å²) < 4.78 is 27.7. The van der Waals surface area contributed by atoms with Crippen LogP contribution in [0.3, 0.4) is 0 Å². The van der Waals surface area contributed by atoms with E-state index in [-0.39, 0.29) is 30.3 Å². The van der Waals surface area contributed by atoms with Gasteiger partial charge < -0.3 is 10.4 Å². The highest BCUT2D eigenvalue weighted by Crippen LogP contribution is 2.24. The molecule has 0 heterocycles. The molecule has 5 heteroatoms. The van der Waals surface area contributed by atoms with Gasteiger partial charge in [-0.3, -0.25) is 0 Å². The Morgan fingerprint density at radius 3 is 2.32 bits per heavy atom. The predicted molar refractivity (Wildman–Crippen MR) is 80.4 cm³/mol. The Labute approximate surface area is 127 Å². The first-order valence-corrected chi connectivity index (χ1v) is 6.94. The van der Waals surface area contributed by atoms with Gasteiger partial charge in [0.1, 0.15) is 5.69 Å². The van der Waals surface area contributed by atoms with Crippen molar-refractivity contribution in [3.8, 4) is 6.07 Å². The molecule has 2 rings (SSSR count). The lowest BCUT2D eigenvalue weighted by Gasteiger charge is -2.18. The molecule has 22 heavy (non-hydrogen) atoms. The van der Waals surface area contributed by atoms with Crippen molar-refractivity contribution in [2.45, 2.75) is 12.3 Å². The maximum atomic E-state index is 13.8. The molecular formula is C17H16F2N2O. The van der Waals surface area contributed by atoms with Crippen molar-refractivity contribution in [3.63, 3.8) is 0 Å². The first-order valence-electron chi connectivity index (χ1n) is 6.94. The van der Waals surface area contributed by atoms with Gasteiger partial charge >= 0.3 is 0 Å². The zero-order valence-corrected chi connectivity index (χ0v) is 11.9. The molecule has 0 aromatic heterocycles. The summed E-state index contributed by atoms with van der Waals surface area (Å²) in [4.78, 5) is 0. The standard InChI is InChI=1S/C17H16F2N2O/c18-15-8-12(10-20)9-16(19)17(15)21-11-14(6-7-22)13-4-2-1-3-5-13/h1-5,8-9,14,21-22H,6-7,11H2. The molecule has 0 saturated heterocycles. The number of hydrogen-bond acceptors (Lipinski definition) is 3. The molecule has 0 saturated carbocycles. The Balaban J connectivity index is 2.15. The normalized spacial score (nSPS) is 11.7. The number of halogens is 2. The van der Waals surface area contributed by atoms with Gasteiger partial charge in [0.05, 0.1) is 11.6 Å². The number of rotatable bonds is 6. The summed E-state index contributed by atoms with van der Waals surface area (Å²) in [6.45, 7) is 0.268. The highest BCUT2D eigenvalue weighted by Gasteiger charge is 2.15. The summed E-state index contributed by atoms with van der Waals surface area (Å²) in [7, 11) is 0. The summed E-state index contributed by atoms with van der Waals surface area (Å²) in [6, 6.07) is 13.2. The van der Waals surface area contributed by atoms with Crippen molar-refractivity contribution in [2.75, 3.05) is 18.5 Å². The van der Waals surface area contributed by atoms with Crippen LogP contribution in [0.5, 0.6) is 0 Å². The van der Waals surface area contributed by atoms with Gasteiger partial charge in [-0.15, -0.1) is 0 Å². The van der Waals surface area contributed by atoms with Crippen LogP contribution >= 0.6 is 0 Å². The second-order valence-electron chi connectivity index (χ2n) is 4.93. The number of aliphatic hydroxyl groups is 1. The van der Waals surface area contributed by atoms with Gasteiger partial charge in [0.25, 0.3) is 0 Å². The zero-order valence-electron chi connectivity index (χ0n) is 11.9. The highest BCUT2D eigenvalue weighted by atomic mass is 19.1. The van der Waals surface area contributed by atoms with Gasteiger partial charge in [0, 0.05) is 19.1 Å². The monoisotopic (exact) mass is 302 g/mol. The van der Waals surface area contributed by atoms with Crippen LogP contribution in [-0.2, 0) is 0 Å². The van der Waals surface area contributed by atoms with Gasteiger partial charge in [0.2, 0.25) is 0 Å². The summed E-state index contributed by atoms with van der Waals surface area (Å²) in [5.41, 5.74) is 0.673. The third-order valence-corrected chi connectivity index (χ3v) is 3.44. The number of aliphatic hydroxyl groups excluding tert-OH is 1. The third kappa shape index (κ3) is 3.80. The molecule has 0 aliphatic rings. The molecule has 2 aromatic rings. The predicted octanol–water partition coefficient (Wildman–Crippen LogP) is 3.41. The van der Waals surface area contributed by atoms with Crippen LogP contribution in [-0.4, -0.2) is 18.3 Å². The second-order valence-corrected chi connectivity index (χ2v) is 4.93. The van der Waals surface area contributed by atoms with Crippen molar-refractivity contribution in [1.29, 1.82) is 5.26 Å². The first-order chi connectivity index (χ1) is 10.7. The highest BCUT2D eigenvalue weighted by molar-refractivity contribution is 5.50. The van der Waals surface area contributed by atoms with E-state index in [2.05, 4.69) is 5.32 Å². The third-order valence-electron chi connectivity index (χ3n) is 3.44. The molecule has 2 aromatic carbocycles. The van der Waals surface area contributed by atoms with Crippen LogP contribution in [0.1, 0.15) is 23.5 Å². The maximum absolute atomic E-state index is 13.8. The molecule has 0 fully saturated rings. The van der Waals surface area contributed by atoms with E-state index in [0.29, 0.717) is 6.42 Å². The average molecular weight is 302 g/mol. The molecule has 0 spiro atoms. The fraction of sp³-hybridized carbons (Fsp3) is 0.235. The number of nitrogens with one attached hydrogen (secondary N) is 1. The Morgan fingerprint density at radius 1 is 1.14 bits per heavy atom. The zero-order chi connectivity index (χ0) is 15.9. The topological polar surface area (TPSA) is 56.0 Å². The summed E-state index contributed by atoms with van der Waals surface area (Å²) >= 11 is 0. The largest absolute Gasteiger partial charge is 0.396 e. The minimum absolute atomic E-state index is 0.0143. The van der Waals surface area contributed by atoms with Crippen molar-refractivity contribution in [2.24, 2.45) is 0 Å². The van der Waals surface area contributed by atoms with Crippen molar-refractivity contribution in [1.82, 2.24) is 0 Å². The molecule has 0 bridgehead atoms. The Bertz CT molecular complexity index is 645. The van der Waals surface area contributed by atoms with Gasteiger partial charge in [-0.2, -0.15) is 5.26 Å². The minimum Gasteiger partial charge on any atom is -0.396 e. The van der Waals surface area contributed by atoms with E-state index in [1.165, 1.54) is 0 Å². The lowest BCUT2D eigenvalue weighted by atomic mass is 9.96. The summed E-state index contributed by atoms with van der Waals surface area (Å²) in [5.74, 6) is -1.67. The van der Waals surface area contributed by atoms with Crippen LogP contribution in [0.15, 0.2) is 42.5 Å². The lowest BCUT2D eigenvalue weighted by molar-refractivity contribution is 0.277. The van der Waals surface area contributed by atoms with E-state index in [1.54, 1.807) is 6.07 Å². The first kappa shape index (κ1) is 15.9. The number of nitrogens with zero attached hydrogens (tertiary/aromatic N) is 1. The van der Waals surface area contributed by atoms with E-state index >= 15 is 0 Å². The maximum Gasteiger partial charge on any atom is 0.150 e. The molecule has 3 nitrogen and oxygen atoms in total. The average Bonchev–Trinajstić information content (AvgIpc) is 2.53. The molecular weight excluding hydrogens is 286 g/mol. The number of benzene rings is 2. The van der Waals surface area contributed by atoms with Crippen molar-refractivity contribution >= 4 is 5.69 Å². The van der Waals surface area contributed by atoms with E-state index < -0.39 is 11.6 Å². The number of hydrogen-bond donors (Lipinski definition) is 2. The molecule has 0 aliphatic heterocycles. The quantitative estimate of drug-likeness (QED) is 0.859. The lowest BCUT2D eigenvalue weighted by Crippen LogP contribution is -2.16. The summed E-state index contributed by atoms with van der Waals surface area (Å²) in [6.07, 6.45) is 0.483.